The number of nitrogens with zero attached hydrogens (tertiary/aromatic N) is 4. The van der Waals surface area contributed by atoms with Crippen molar-refractivity contribution >= 4 is 69.4 Å². The van der Waals surface area contributed by atoms with Crippen molar-refractivity contribution in [3.8, 4) is 24.3 Å². The quantitative estimate of drug-likeness (QED) is 0.0232. The molecule has 8 aromatic rings. The largest absolute Gasteiger partial charge is 0.478 e. The van der Waals surface area contributed by atoms with Crippen LogP contribution in [0, 0.1) is 113 Å². The molecule has 0 aromatic heterocycles. The number of hydrogen-bond acceptors (Lipinski definition) is 19. The number of aliphatic hydroxyl groups excluding tert-OH is 4. The molecule has 0 spiro atoms. The number of carbonyl (C=O) groups excluding carboxylic acids is 3. The Kier molecular flexibility index (Phi) is 25.0. The van der Waals surface area contributed by atoms with E-state index in [0.29, 0.717) is 35.2 Å². The number of esters is 3. The number of carbonyl (C=O) groups is 4. The number of halogens is 5. The fourth-order valence-corrected chi connectivity index (χ4v) is 10.8. The SMILES string of the molecule is Cc1ccc(Nc2c(C(=O)O)ccc(C#N)c2F)c(F)c1.Cc1ccc(Nc2cc(C#N)ccc2C(=O)OC2C(C)(C)C(O)C2(C)C)c(F)c1.Cc1ccc(Nc2cc(C#N)ccc2C(=O)OC2CC(O)C2)c(F)c1.Cc1ccc(Nc2cc(C#N)ccc2C(=O)OCC(O)CO)c(F)c1. The van der Waals surface area contributed by atoms with Crippen molar-refractivity contribution in [2.75, 3.05) is 34.5 Å². The average molecular weight is 1370 g/mol. The van der Waals surface area contributed by atoms with E-state index in [1.165, 1.54) is 91.0 Å². The third-order valence-corrected chi connectivity index (χ3v) is 16.1. The number of aromatic carboxylic acids is 1. The summed E-state index contributed by atoms with van der Waals surface area (Å²) in [5.74, 6) is -6.41. The van der Waals surface area contributed by atoms with Crippen LogP contribution in [-0.2, 0) is 14.2 Å². The van der Waals surface area contributed by atoms with Crippen molar-refractivity contribution in [3.63, 3.8) is 0 Å². The lowest BCUT2D eigenvalue weighted by Crippen LogP contribution is -2.68. The zero-order chi connectivity index (χ0) is 73.5. The summed E-state index contributed by atoms with van der Waals surface area (Å²) in [6.45, 7) is 13.5. The summed E-state index contributed by atoms with van der Waals surface area (Å²) in [6, 6.07) is 41.0. The van der Waals surface area contributed by atoms with E-state index in [2.05, 4.69) is 21.3 Å². The van der Waals surface area contributed by atoms with Gasteiger partial charge in [-0.25, -0.2) is 41.1 Å². The van der Waals surface area contributed by atoms with Gasteiger partial charge in [0, 0.05) is 23.7 Å². The predicted molar refractivity (Wildman–Crippen MR) is 360 cm³/mol. The Morgan fingerprint density at radius 3 is 1.20 bits per heavy atom. The number of anilines is 8. The average Bonchev–Trinajstić information content (AvgIpc) is 0.715. The smallest absolute Gasteiger partial charge is 0.340 e. The number of carboxylic acids is 1. The van der Waals surface area contributed by atoms with E-state index in [1.54, 1.807) is 70.2 Å². The van der Waals surface area contributed by atoms with Gasteiger partial charge < -0.3 is 61.0 Å². The second-order valence-electron chi connectivity index (χ2n) is 24.7. The highest BCUT2D eigenvalue weighted by Crippen LogP contribution is 2.56. The van der Waals surface area contributed by atoms with Crippen LogP contribution in [0.2, 0.25) is 0 Å². The summed E-state index contributed by atoms with van der Waals surface area (Å²) in [6.07, 6.45) is -2.20. The molecular formula is C75H69F5N8O12. The highest BCUT2D eigenvalue weighted by Gasteiger charge is 2.63. The van der Waals surface area contributed by atoms with Crippen LogP contribution >= 0.6 is 0 Å². The van der Waals surface area contributed by atoms with Gasteiger partial charge in [0.05, 0.1) is 127 Å². The van der Waals surface area contributed by atoms with Crippen LogP contribution in [0.3, 0.4) is 0 Å². The minimum Gasteiger partial charge on any atom is -0.478 e. The molecule has 0 aliphatic heterocycles. The minimum absolute atomic E-state index is 0.0721. The number of aliphatic hydroxyl groups is 4. The van der Waals surface area contributed by atoms with E-state index in [4.69, 9.17) is 40.2 Å². The molecule has 0 amide bonds. The lowest BCUT2D eigenvalue weighted by atomic mass is 9.51. The molecular weight excluding hydrogens is 1300 g/mol. The molecule has 10 rings (SSSR count). The van der Waals surface area contributed by atoms with Crippen molar-refractivity contribution in [2.24, 2.45) is 10.8 Å². The van der Waals surface area contributed by atoms with Crippen LogP contribution in [0.25, 0.3) is 0 Å². The monoisotopic (exact) mass is 1370 g/mol. The Balaban J connectivity index is 0.000000188. The Morgan fingerprint density at radius 2 is 0.860 bits per heavy atom. The molecule has 0 radical (unpaired) electrons. The van der Waals surface area contributed by atoms with E-state index >= 15 is 0 Å². The van der Waals surface area contributed by atoms with Crippen LogP contribution in [-0.4, -0.2) is 93.1 Å². The van der Waals surface area contributed by atoms with Gasteiger partial charge in [0.15, 0.2) is 5.82 Å². The maximum absolute atomic E-state index is 14.3. The molecule has 2 saturated carbocycles. The molecule has 9 N–H and O–H groups in total. The normalized spacial score (nSPS) is 15.9. The van der Waals surface area contributed by atoms with Crippen molar-refractivity contribution in [3.05, 3.63) is 235 Å². The summed E-state index contributed by atoms with van der Waals surface area (Å²) in [7, 11) is 0. The van der Waals surface area contributed by atoms with Crippen molar-refractivity contribution < 1.29 is 80.9 Å². The van der Waals surface area contributed by atoms with E-state index in [0.717, 1.165) is 28.8 Å². The lowest BCUT2D eigenvalue weighted by Gasteiger charge is -2.60. The van der Waals surface area contributed by atoms with Gasteiger partial charge in [-0.2, -0.15) is 21.0 Å². The van der Waals surface area contributed by atoms with Gasteiger partial charge in [-0.3, -0.25) is 0 Å². The summed E-state index contributed by atoms with van der Waals surface area (Å²) in [5, 5.41) is 93.8. The number of carboxylic acid groups (broad SMARTS) is 1. The molecule has 8 aromatic carbocycles. The number of benzene rings is 8. The van der Waals surface area contributed by atoms with E-state index < -0.39 is 101 Å². The van der Waals surface area contributed by atoms with Gasteiger partial charge in [-0.05, 0) is 165 Å². The molecule has 516 valence electrons. The van der Waals surface area contributed by atoms with Gasteiger partial charge in [-0.15, -0.1) is 0 Å². The zero-order valence-electron chi connectivity index (χ0n) is 55.3. The molecule has 100 heavy (non-hydrogen) atoms. The van der Waals surface area contributed by atoms with Gasteiger partial charge in [-0.1, -0.05) is 52.0 Å². The van der Waals surface area contributed by atoms with Crippen LogP contribution in [0.1, 0.15) is 126 Å². The van der Waals surface area contributed by atoms with E-state index in [9.17, 15) is 61.7 Å². The van der Waals surface area contributed by atoms with Crippen LogP contribution in [0.4, 0.5) is 67.5 Å². The Hall–Kier alpha value is -11.7. The molecule has 25 heteroatoms. The number of hydrogen-bond donors (Lipinski definition) is 9. The fraction of sp³-hybridized carbons (Fsp3) is 0.253. The summed E-state index contributed by atoms with van der Waals surface area (Å²) < 4.78 is 86.4. The Labute approximate surface area is 572 Å². The van der Waals surface area contributed by atoms with Gasteiger partial charge in [0.25, 0.3) is 0 Å². The number of nitrogens with one attached hydrogen (secondary N) is 4. The molecule has 1 atom stereocenters. The predicted octanol–water partition coefficient (Wildman–Crippen LogP) is 14.0. The zero-order valence-corrected chi connectivity index (χ0v) is 55.3. The third-order valence-electron chi connectivity index (χ3n) is 16.1. The molecule has 2 fully saturated rings. The number of aryl methyl sites for hydroxylation is 4. The van der Waals surface area contributed by atoms with E-state index in [1.807, 2.05) is 45.9 Å². The van der Waals surface area contributed by atoms with Crippen molar-refractivity contribution in [1.82, 2.24) is 0 Å². The first-order valence-corrected chi connectivity index (χ1v) is 30.8. The van der Waals surface area contributed by atoms with Gasteiger partial charge in [0.2, 0.25) is 0 Å². The first-order chi connectivity index (χ1) is 47.3. The molecule has 0 saturated heterocycles. The number of nitriles is 4. The minimum atomic E-state index is -1.38. The second-order valence-corrected chi connectivity index (χ2v) is 24.7. The molecule has 2 aliphatic rings. The van der Waals surface area contributed by atoms with E-state index in [-0.39, 0.29) is 80.2 Å². The summed E-state index contributed by atoms with van der Waals surface area (Å²) in [4.78, 5) is 48.6. The summed E-state index contributed by atoms with van der Waals surface area (Å²) >= 11 is 0. The molecule has 0 heterocycles. The Morgan fingerprint density at radius 1 is 0.500 bits per heavy atom. The number of rotatable bonds is 17. The lowest BCUT2D eigenvalue weighted by molar-refractivity contribution is -0.246. The fourth-order valence-electron chi connectivity index (χ4n) is 10.8. The van der Waals surface area contributed by atoms with Gasteiger partial charge in [0.1, 0.15) is 54.3 Å². The maximum Gasteiger partial charge on any atom is 0.340 e. The van der Waals surface area contributed by atoms with Gasteiger partial charge >= 0.3 is 23.9 Å². The first-order valence-electron chi connectivity index (χ1n) is 30.8. The highest BCUT2D eigenvalue weighted by molar-refractivity contribution is 5.99. The molecule has 1 unspecified atom stereocenters. The summed E-state index contributed by atoms with van der Waals surface area (Å²) in [5.41, 5.74) is 3.32. The van der Waals surface area contributed by atoms with Crippen LogP contribution < -0.4 is 21.3 Å². The van der Waals surface area contributed by atoms with Crippen LogP contribution in [0.15, 0.2) is 140 Å². The van der Waals surface area contributed by atoms with Crippen molar-refractivity contribution in [1.29, 1.82) is 21.0 Å². The Bertz CT molecular complexity index is 4580. The highest BCUT2D eigenvalue weighted by atomic mass is 19.1. The number of ether oxygens (including phenoxy) is 3. The van der Waals surface area contributed by atoms with Crippen LogP contribution in [0.5, 0.6) is 0 Å². The molecule has 2 aliphatic carbocycles. The second kappa shape index (κ2) is 33.0. The topological polar surface area (TPSA) is 340 Å². The standard InChI is InChI=1S/C23H25FN2O3.C19H17FN2O3.C18H17FN2O4.C15H10F2N2O2/c1-13-6-9-17(16(24)10-13)26-18-11-14(12-25)7-8-15(18)19(27)29-21-22(2,3)20(28)23(21,4)5;1-11-2-5-17(16(20)6-11)22-18-7-12(10-21)3-4-15(18)19(24)25-14-8-13(23)9-14;1-11-2-5-16(15(19)6-11)21-17-7-12(8-20)3-4-14(17)18(24)25-10-13(23)9-22;1-8-2-5-12(11(16)6-8)19-14-10(15(20)21)4-3-9(7-18)13(14)17/h6-11,20-21,26,28H,1-5H3;2-7,13-14,22-23H,8-9H2,1H3;2-7,13,21-23H,9-10H2,1H3;2-6,19H,1H3,(H,20,21). The maximum atomic E-state index is 14.3. The first kappa shape index (κ1) is 75.7. The molecule has 0 bridgehead atoms. The van der Waals surface area contributed by atoms with Crippen molar-refractivity contribution in [2.45, 2.75) is 98.8 Å². The third kappa shape index (κ3) is 18.7. The molecule has 20 nitrogen and oxygen atoms in total.